The summed E-state index contributed by atoms with van der Waals surface area (Å²) < 4.78 is 11.0. The van der Waals surface area contributed by atoms with Crippen LogP contribution in [0.3, 0.4) is 0 Å². The molecule has 0 bridgehead atoms. The summed E-state index contributed by atoms with van der Waals surface area (Å²) in [6.45, 7) is 7.11. The Morgan fingerprint density at radius 2 is 1.83 bits per heavy atom. The highest BCUT2D eigenvalue weighted by molar-refractivity contribution is 5.75. The van der Waals surface area contributed by atoms with Crippen LogP contribution in [0.25, 0.3) is 0 Å². The van der Waals surface area contributed by atoms with Crippen molar-refractivity contribution in [1.29, 1.82) is 0 Å². The molecule has 0 heterocycles. The minimum atomic E-state index is -0.516. The van der Waals surface area contributed by atoms with E-state index in [1.165, 1.54) is 11.1 Å². The van der Waals surface area contributed by atoms with Crippen molar-refractivity contribution < 1.29 is 14.3 Å². The van der Waals surface area contributed by atoms with E-state index < -0.39 is 5.91 Å². The van der Waals surface area contributed by atoms with Crippen LogP contribution in [0.2, 0.25) is 0 Å². The Morgan fingerprint density at radius 1 is 1.04 bits per heavy atom. The van der Waals surface area contributed by atoms with E-state index in [-0.39, 0.29) is 6.61 Å². The fraction of sp³-hybridized carbons (Fsp3) is 0.316. The molecular weight excluding hydrogens is 304 g/mol. The number of hydrogen-bond donors (Lipinski definition) is 2. The number of carbonyl (C=O) groups excluding carboxylic acids is 1. The van der Waals surface area contributed by atoms with Gasteiger partial charge in [-0.05, 0) is 61.7 Å². The molecule has 2 aromatic rings. The van der Waals surface area contributed by atoms with Gasteiger partial charge in [-0.25, -0.2) is 0 Å². The molecule has 0 saturated heterocycles. The summed E-state index contributed by atoms with van der Waals surface area (Å²) in [6, 6.07) is 11.9. The first kappa shape index (κ1) is 17.7. The molecule has 0 saturated carbocycles. The number of hydrogen-bond acceptors (Lipinski definition) is 4. The SMILES string of the molecule is CCOc1cc(CNc2ccc(C)c(C)c2)ccc1OCC(N)=O. The molecule has 24 heavy (non-hydrogen) atoms. The van der Waals surface area contributed by atoms with E-state index in [2.05, 4.69) is 37.4 Å². The maximum atomic E-state index is 10.9. The van der Waals surface area contributed by atoms with Crippen molar-refractivity contribution in [3.8, 4) is 11.5 Å². The third-order valence-electron chi connectivity index (χ3n) is 3.68. The van der Waals surface area contributed by atoms with Gasteiger partial charge in [0.1, 0.15) is 0 Å². The van der Waals surface area contributed by atoms with Crippen molar-refractivity contribution in [1.82, 2.24) is 0 Å². The summed E-state index contributed by atoms with van der Waals surface area (Å²) in [6.07, 6.45) is 0. The highest BCUT2D eigenvalue weighted by Crippen LogP contribution is 2.29. The maximum absolute atomic E-state index is 10.9. The Balaban J connectivity index is 2.08. The first-order chi connectivity index (χ1) is 11.5. The summed E-state index contributed by atoms with van der Waals surface area (Å²) >= 11 is 0. The van der Waals surface area contributed by atoms with E-state index in [4.69, 9.17) is 15.2 Å². The van der Waals surface area contributed by atoms with Crippen LogP contribution >= 0.6 is 0 Å². The molecule has 0 unspecified atom stereocenters. The summed E-state index contributed by atoms with van der Waals surface area (Å²) in [5.74, 6) is 0.613. The van der Waals surface area contributed by atoms with Crippen molar-refractivity contribution in [3.05, 3.63) is 53.1 Å². The average molecular weight is 328 g/mol. The number of aryl methyl sites for hydroxylation is 2. The van der Waals surface area contributed by atoms with Crippen LogP contribution in [0.1, 0.15) is 23.6 Å². The third kappa shape index (κ3) is 4.91. The normalized spacial score (nSPS) is 10.3. The first-order valence-electron chi connectivity index (χ1n) is 7.97. The van der Waals surface area contributed by atoms with Gasteiger partial charge in [0.2, 0.25) is 0 Å². The van der Waals surface area contributed by atoms with E-state index in [0.29, 0.717) is 24.7 Å². The topological polar surface area (TPSA) is 73.6 Å². The number of rotatable bonds is 8. The number of amides is 1. The maximum Gasteiger partial charge on any atom is 0.255 e. The van der Waals surface area contributed by atoms with Gasteiger partial charge in [-0.1, -0.05) is 12.1 Å². The standard InChI is InChI=1S/C19H24N2O3/c1-4-23-18-10-15(6-8-17(18)24-12-19(20)22)11-21-16-7-5-13(2)14(3)9-16/h5-10,21H,4,11-12H2,1-3H3,(H2,20,22). The van der Waals surface area contributed by atoms with Crippen LogP contribution < -0.4 is 20.5 Å². The Kier molecular flexibility index (Phi) is 6.07. The predicted molar refractivity (Wildman–Crippen MR) is 95.5 cm³/mol. The van der Waals surface area contributed by atoms with Gasteiger partial charge in [-0.2, -0.15) is 0 Å². The monoisotopic (exact) mass is 328 g/mol. The quantitative estimate of drug-likeness (QED) is 0.780. The molecule has 0 radical (unpaired) electrons. The second kappa shape index (κ2) is 8.24. The first-order valence-corrected chi connectivity index (χ1v) is 7.97. The molecule has 128 valence electrons. The summed E-state index contributed by atoms with van der Waals surface area (Å²) in [5.41, 5.74) is 9.78. The molecule has 2 aromatic carbocycles. The molecule has 3 N–H and O–H groups in total. The molecule has 0 aromatic heterocycles. The summed E-state index contributed by atoms with van der Waals surface area (Å²) in [4.78, 5) is 10.9. The molecule has 0 aliphatic carbocycles. The Labute approximate surface area is 142 Å². The lowest BCUT2D eigenvalue weighted by atomic mass is 10.1. The van der Waals surface area contributed by atoms with Crippen LogP contribution in [-0.2, 0) is 11.3 Å². The Hall–Kier alpha value is -2.69. The molecule has 5 heteroatoms. The number of benzene rings is 2. The van der Waals surface area contributed by atoms with Gasteiger partial charge in [0.15, 0.2) is 18.1 Å². The number of anilines is 1. The van der Waals surface area contributed by atoms with Crippen LogP contribution in [0.15, 0.2) is 36.4 Å². The van der Waals surface area contributed by atoms with Crippen molar-refractivity contribution in [3.63, 3.8) is 0 Å². The van der Waals surface area contributed by atoms with Crippen molar-refractivity contribution in [2.75, 3.05) is 18.5 Å². The molecule has 2 rings (SSSR count). The number of carbonyl (C=O) groups is 1. The molecule has 0 aliphatic rings. The second-order valence-corrected chi connectivity index (χ2v) is 5.62. The van der Waals surface area contributed by atoms with Crippen molar-refractivity contribution in [2.24, 2.45) is 5.73 Å². The fourth-order valence-electron chi connectivity index (χ4n) is 2.25. The number of nitrogens with one attached hydrogen (secondary N) is 1. The van der Waals surface area contributed by atoms with E-state index in [9.17, 15) is 4.79 Å². The van der Waals surface area contributed by atoms with E-state index >= 15 is 0 Å². The molecule has 0 atom stereocenters. The number of ether oxygens (including phenoxy) is 2. The minimum absolute atomic E-state index is 0.166. The minimum Gasteiger partial charge on any atom is -0.490 e. The highest BCUT2D eigenvalue weighted by atomic mass is 16.5. The largest absolute Gasteiger partial charge is 0.490 e. The molecule has 5 nitrogen and oxygen atoms in total. The van der Waals surface area contributed by atoms with Crippen LogP contribution in [-0.4, -0.2) is 19.1 Å². The summed E-state index contributed by atoms with van der Waals surface area (Å²) in [5, 5.41) is 3.40. The van der Waals surface area contributed by atoms with Gasteiger partial charge in [0.25, 0.3) is 5.91 Å². The van der Waals surface area contributed by atoms with Gasteiger partial charge < -0.3 is 20.5 Å². The number of nitrogens with two attached hydrogens (primary N) is 1. The zero-order valence-corrected chi connectivity index (χ0v) is 14.4. The van der Waals surface area contributed by atoms with Gasteiger partial charge in [0, 0.05) is 12.2 Å². The lowest BCUT2D eigenvalue weighted by Gasteiger charge is -2.14. The van der Waals surface area contributed by atoms with E-state index in [1.807, 2.05) is 19.1 Å². The van der Waals surface area contributed by atoms with Gasteiger partial charge in [-0.3, -0.25) is 4.79 Å². The zero-order chi connectivity index (χ0) is 17.5. The van der Waals surface area contributed by atoms with E-state index in [0.717, 1.165) is 11.3 Å². The van der Waals surface area contributed by atoms with Gasteiger partial charge >= 0.3 is 0 Å². The molecule has 0 spiro atoms. The molecular formula is C19H24N2O3. The Bertz CT molecular complexity index is 714. The van der Waals surface area contributed by atoms with Crippen molar-refractivity contribution >= 4 is 11.6 Å². The van der Waals surface area contributed by atoms with Gasteiger partial charge in [0.05, 0.1) is 6.61 Å². The third-order valence-corrected chi connectivity index (χ3v) is 3.68. The lowest BCUT2D eigenvalue weighted by molar-refractivity contribution is -0.119. The average Bonchev–Trinajstić information content (AvgIpc) is 2.55. The predicted octanol–water partition coefficient (Wildman–Crippen LogP) is 3.18. The molecule has 0 fully saturated rings. The van der Waals surface area contributed by atoms with Crippen LogP contribution in [0.5, 0.6) is 11.5 Å². The van der Waals surface area contributed by atoms with E-state index in [1.54, 1.807) is 6.07 Å². The highest BCUT2D eigenvalue weighted by Gasteiger charge is 2.08. The Morgan fingerprint density at radius 3 is 2.50 bits per heavy atom. The smallest absolute Gasteiger partial charge is 0.255 e. The molecule has 1 amide bonds. The second-order valence-electron chi connectivity index (χ2n) is 5.62. The van der Waals surface area contributed by atoms with Crippen LogP contribution in [0.4, 0.5) is 5.69 Å². The fourth-order valence-corrected chi connectivity index (χ4v) is 2.25. The van der Waals surface area contributed by atoms with Crippen LogP contribution in [0, 0.1) is 13.8 Å². The number of primary amides is 1. The van der Waals surface area contributed by atoms with Gasteiger partial charge in [-0.15, -0.1) is 0 Å². The summed E-state index contributed by atoms with van der Waals surface area (Å²) in [7, 11) is 0. The lowest BCUT2D eigenvalue weighted by Crippen LogP contribution is -2.20. The van der Waals surface area contributed by atoms with Crippen molar-refractivity contribution in [2.45, 2.75) is 27.3 Å². The molecule has 0 aliphatic heterocycles. The zero-order valence-electron chi connectivity index (χ0n) is 14.4.